The molecule has 1 heterocycles. The van der Waals surface area contributed by atoms with Gasteiger partial charge in [-0.15, -0.1) is 0 Å². The highest BCUT2D eigenvalue weighted by Crippen LogP contribution is 2.43. The molecular formula is C44H28B4O. The molecule has 222 valence electrons. The van der Waals surface area contributed by atoms with Crippen molar-refractivity contribution in [3.05, 3.63) is 139 Å². The van der Waals surface area contributed by atoms with Crippen molar-refractivity contribution in [2.24, 2.45) is 0 Å². The first-order chi connectivity index (χ1) is 23.9. The maximum Gasteiger partial charge on any atom is 0.136 e. The Balaban J connectivity index is 1.33. The van der Waals surface area contributed by atoms with Gasteiger partial charge < -0.3 is 4.42 Å². The zero-order chi connectivity index (χ0) is 33.8. The van der Waals surface area contributed by atoms with Crippen LogP contribution in [0.1, 0.15) is 19.4 Å². The normalized spacial score (nSPS) is 12.2. The van der Waals surface area contributed by atoms with Crippen LogP contribution in [0.5, 0.6) is 0 Å². The van der Waals surface area contributed by atoms with Gasteiger partial charge in [-0.05, 0) is 104 Å². The minimum Gasteiger partial charge on any atom is -0.456 e. The van der Waals surface area contributed by atoms with E-state index in [2.05, 4.69) is 85.8 Å². The van der Waals surface area contributed by atoms with Crippen LogP contribution in [0.15, 0.2) is 138 Å². The molecule has 0 atom stereocenters. The second kappa shape index (κ2) is 12.2. The smallest absolute Gasteiger partial charge is 0.136 e. The number of fused-ring (bicyclic) bond motifs is 5. The van der Waals surface area contributed by atoms with E-state index in [9.17, 15) is 0 Å². The lowest BCUT2D eigenvalue weighted by Gasteiger charge is -2.26. The lowest BCUT2D eigenvalue weighted by atomic mass is 9.61. The molecule has 5 heteroatoms. The van der Waals surface area contributed by atoms with Crippen molar-refractivity contribution in [3.8, 4) is 33.4 Å². The largest absolute Gasteiger partial charge is 0.456 e. The van der Waals surface area contributed by atoms with Gasteiger partial charge >= 0.3 is 0 Å². The first kappa shape index (κ1) is 30.9. The van der Waals surface area contributed by atoms with E-state index < -0.39 is 0 Å². The van der Waals surface area contributed by atoms with Crippen LogP contribution in [-0.4, -0.2) is 31.4 Å². The number of furan rings is 1. The fourth-order valence-corrected chi connectivity index (χ4v) is 7.24. The summed E-state index contributed by atoms with van der Waals surface area (Å²) in [6.45, 7) is 4.12. The first-order valence-electron chi connectivity index (χ1n) is 16.4. The quantitative estimate of drug-likeness (QED) is 0.109. The summed E-state index contributed by atoms with van der Waals surface area (Å²) < 4.78 is 6.33. The zero-order valence-electron chi connectivity index (χ0n) is 27.4. The third kappa shape index (κ3) is 4.99. The Hall–Kier alpha value is -5.40. The van der Waals surface area contributed by atoms with E-state index in [1.807, 2.05) is 61.5 Å². The highest BCUT2D eigenvalue weighted by Gasteiger charge is 2.22. The Bertz CT molecular complexity index is 2580. The van der Waals surface area contributed by atoms with Gasteiger partial charge in [-0.3, -0.25) is 0 Å². The molecular weight excluding hydrogens is 588 g/mol. The van der Waals surface area contributed by atoms with Crippen LogP contribution in [-0.2, 0) is 0 Å². The molecule has 0 aliphatic rings. The zero-order valence-corrected chi connectivity index (χ0v) is 27.4. The minimum absolute atomic E-state index is 0.379. The molecule has 0 bridgehead atoms. The Morgan fingerprint density at radius 2 is 1.06 bits per heavy atom. The van der Waals surface area contributed by atoms with Crippen molar-refractivity contribution in [2.75, 3.05) is 0 Å². The molecule has 7 aromatic carbocycles. The summed E-state index contributed by atoms with van der Waals surface area (Å²) in [4.78, 5) is 0. The van der Waals surface area contributed by atoms with E-state index in [0.717, 1.165) is 71.3 Å². The van der Waals surface area contributed by atoms with Gasteiger partial charge in [0.2, 0.25) is 0 Å². The predicted molar refractivity (Wildman–Crippen MR) is 215 cm³/mol. The lowest BCUT2D eigenvalue weighted by Crippen LogP contribution is -2.44. The van der Waals surface area contributed by atoms with Gasteiger partial charge in [0, 0.05) is 10.8 Å². The Morgan fingerprint density at radius 3 is 1.67 bits per heavy atom. The maximum absolute atomic E-state index is 7.01. The molecule has 8 radical (unpaired) electrons. The van der Waals surface area contributed by atoms with E-state index in [0.29, 0.717) is 33.0 Å². The second-order valence-corrected chi connectivity index (χ2v) is 12.5. The molecule has 49 heavy (non-hydrogen) atoms. The molecule has 0 amide bonds. The summed E-state index contributed by atoms with van der Waals surface area (Å²) >= 11 is 0. The number of benzene rings is 7. The van der Waals surface area contributed by atoms with E-state index in [-0.39, 0.29) is 0 Å². The Kier molecular flexibility index (Phi) is 7.72. The van der Waals surface area contributed by atoms with E-state index in [4.69, 9.17) is 35.8 Å². The maximum atomic E-state index is 7.01. The van der Waals surface area contributed by atoms with Crippen LogP contribution in [0.4, 0.5) is 0 Å². The van der Waals surface area contributed by atoms with Gasteiger partial charge in [0.15, 0.2) is 0 Å². The fraction of sp³-hybridized carbons (Fsp3) is 0.0455. The van der Waals surface area contributed by atoms with Crippen LogP contribution >= 0.6 is 0 Å². The summed E-state index contributed by atoms with van der Waals surface area (Å²) in [7, 11) is 27.9. The number of hydrogen-bond acceptors (Lipinski definition) is 1. The molecule has 0 aliphatic heterocycles. The highest BCUT2D eigenvalue weighted by molar-refractivity contribution is 6.63. The third-order valence-corrected chi connectivity index (χ3v) is 9.66. The molecule has 8 rings (SSSR count). The van der Waals surface area contributed by atoms with Gasteiger partial charge in [0.25, 0.3) is 0 Å². The van der Waals surface area contributed by atoms with Crippen molar-refractivity contribution in [1.82, 2.24) is 0 Å². The van der Waals surface area contributed by atoms with Crippen molar-refractivity contribution in [1.29, 1.82) is 0 Å². The molecule has 8 aromatic rings. The minimum atomic E-state index is 0.379. The van der Waals surface area contributed by atoms with Crippen molar-refractivity contribution >= 4 is 102 Å². The number of rotatable bonds is 5. The molecule has 0 saturated heterocycles. The molecule has 0 N–H and O–H groups in total. The lowest BCUT2D eigenvalue weighted by molar-refractivity contribution is 0.669. The first-order valence-corrected chi connectivity index (χ1v) is 16.4. The summed E-state index contributed by atoms with van der Waals surface area (Å²) in [5.41, 5.74) is 10.6. The standard InChI is InChI=1S/C44H28B4O/c1-3-4-12-25(2)27-20-22-35-34(23-27)29-21-19-28(24-36(29)49-35)38-41(45)43(47)40(44(48)42(38)46)39-32-17-10-8-15-30(32)37(26-13-6-5-7-14-26)31-16-9-11-18-33(31)39/h3-24H,1-2H3/b4-3-,25-12+. The summed E-state index contributed by atoms with van der Waals surface area (Å²) in [5, 5.41) is 6.26. The summed E-state index contributed by atoms with van der Waals surface area (Å²) in [6.07, 6.45) is 6.17. The fourth-order valence-electron chi connectivity index (χ4n) is 7.24. The average Bonchev–Trinajstić information content (AvgIpc) is 3.50. The van der Waals surface area contributed by atoms with Gasteiger partial charge in [-0.1, -0.05) is 131 Å². The number of hydrogen-bond donors (Lipinski definition) is 0. The van der Waals surface area contributed by atoms with Crippen molar-refractivity contribution < 1.29 is 4.42 Å². The van der Waals surface area contributed by atoms with Crippen molar-refractivity contribution in [3.63, 3.8) is 0 Å². The van der Waals surface area contributed by atoms with Crippen LogP contribution in [0.25, 0.3) is 82.4 Å². The summed E-state index contributed by atoms with van der Waals surface area (Å²) in [6, 6.07) is 39.4. The van der Waals surface area contributed by atoms with Crippen LogP contribution < -0.4 is 21.9 Å². The van der Waals surface area contributed by atoms with Gasteiger partial charge in [-0.2, -0.15) is 0 Å². The third-order valence-electron chi connectivity index (χ3n) is 9.66. The van der Waals surface area contributed by atoms with Gasteiger partial charge in [-0.25, -0.2) is 0 Å². The predicted octanol–water partition coefficient (Wildman–Crippen LogP) is 8.05. The number of allylic oxidation sites excluding steroid dienone is 4. The molecule has 0 spiro atoms. The second-order valence-electron chi connectivity index (χ2n) is 12.5. The molecule has 0 saturated carbocycles. The molecule has 0 unspecified atom stereocenters. The highest BCUT2D eigenvalue weighted by atomic mass is 16.3. The molecule has 0 fully saturated rings. The molecule has 1 aromatic heterocycles. The average molecular weight is 616 g/mol. The van der Waals surface area contributed by atoms with E-state index >= 15 is 0 Å². The van der Waals surface area contributed by atoms with Crippen molar-refractivity contribution in [2.45, 2.75) is 13.8 Å². The topological polar surface area (TPSA) is 13.1 Å². The van der Waals surface area contributed by atoms with E-state index in [1.54, 1.807) is 0 Å². The Morgan fingerprint density at radius 1 is 0.490 bits per heavy atom. The van der Waals surface area contributed by atoms with Gasteiger partial charge in [0.05, 0.1) is 0 Å². The van der Waals surface area contributed by atoms with Crippen LogP contribution in [0, 0.1) is 0 Å². The molecule has 1 nitrogen and oxygen atoms in total. The Labute approximate surface area is 292 Å². The monoisotopic (exact) mass is 616 g/mol. The van der Waals surface area contributed by atoms with Gasteiger partial charge in [0.1, 0.15) is 42.6 Å². The summed E-state index contributed by atoms with van der Waals surface area (Å²) in [5.74, 6) is 0. The van der Waals surface area contributed by atoms with Crippen LogP contribution in [0.2, 0.25) is 0 Å². The molecule has 0 aliphatic carbocycles. The van der Waals surface area contributed by atoms with E-state index in [1.165, 1.54) is 5.57 Å². The SMILES string of the molecule is [B]c1c([B])c(-c2c3ccccc3c(-c3ccccc3)c3ccccc23)c([B])c([B])c1-c1ccc2c(c1)oc1ccc(/C(C)=C/C=C\C)cc12. The van der Waals surface area contributed by atoms with Crippen LogP contribution in [0.3, 0.4) is 0 Å².